The smallest absolute Gasteiger partial charge is 0.333 e. The van der Waals surface area contributed by atoms with Gasteiger partial charge in [0.05, 0.1) is 0 Å². The van der Waals surface area contributed by atoms with E-state index >= 15 is 0 Å². The van der Waals surface area contributed by atoms with Crippen LogP contribution < -0.4 is 0 Å². The first-order chi connectivity index (χ1) is 10.5. The molecule has 0 fully saturated rings. The Labute approximate surface area is 131 Å². The van der Waals surface area contributed by atoms with Crippen LogP contribution in [-0.4, -0.2) is 25.2 Å². The second-order valence-corrected chi connectivity index (χ2v) is 4.99. The molecule has 0 bridgehead atoms. The van der Waals surface area contributed by atoms with Gasteiger partial charge in [-0.25, -0.2) is 9.59 Å². The summed E-state index contributed by atoms with van der Waals surface area (Å²) in [5.74, 6) is -0.933. The topological polar surface area (TPSA) is 52.6 Å². The lowest BCUT2D eigenvalue weighted by Crippen LogP contribution is -2.15. The number of benzene rings is 1. The normalized spacial score (nSPS) is 9.86. The highest BCUT2D eigenvalue weighted by Crippen LogP contribution is 2.10. The van der Waals surface area contributed by atoms with Crippen molar-refractivity contribution in [3.63, 3.8) is 0 Å². The predicted molar refractivity (Wildman–Crippen MR) is 85.3 cm³/mol. The van der Waals surface area contributed by atoms with Crippen LogP contribution in [0.4, 0.5) is 0 Å². The van der Waals surface area contributed by atoms with Gasteiger partial charge >= 0.3 is 11.9 Å². The summed E-state index contributed by atoms with van der Waals surface area (Å²) in [5.41, 5.74) is 1.98. The van der Waals surface area contributed by atoms with E-state index in [1.165, 1.54) is 5.56 Å². The average molecular weight is 302 g/mol. The summed E-state index contributed by atoms with van der Waals surface area (Å²) in [5, 5.41) is 0. The van der Waals surface area contributed by atoms with Gasteiger partial charge in [-0.1, -0.05) is 43.5 Å². The maximum atomic E-state index is 11.7. The third-order valence-electron chi connectivity index (χ3n) is 2.97. The monoisotopic (exact) mass is 302 g/mol. The first kappa shape index (κ1) is 17.7. The average Bonchev–Trinajstić information content (AvgIpc) is 2.51. The summed E-state index contributed by atoms with van der Waals surface area (Å²) in [6.45, 7) is 8.80. The summed E-state index contributed by atoms with van der Waals surface area (Å²) in [7, 11) is 0. The van der Waals surface area contributed by atoms with Gasteiger partial charge in [0.1, 0.15) is 13.2 Å². The maximum Gasteiger partial charge on any atom is 0.333 e. The summed E-state index contributed by atoms with van der Waals surface area (Å²) in [6.07, 6.45) is 2.31. The summed E-state index contributed by atoms with van der Waals surface area (Å²) >= 11 is 0. The Kier molecular flexibility index (Phi) is 7.68. The van der Waals surface area contributed by atoms with Crippen LogP contribution in [-0.2, 0) is 25.5 Å². The molecule has 0 saturated heterocycles. The van der Waals surface area contributed by atoms with Gasteiger partial charge in [-0.05, 0) is 31.7 Å². The molecule has 118 valence electrons. The number of esters is 2. The van der Waals surface area contributed by atoms with E-state index in [4.69, 9.17) is 9.47 Å². The quantitative estimate of drug-likeness (QED) is 0.399. The highest BCUT2D eigenvalue weighted by molar-refractivity contribution is 5.88. The van der Waals surface area contributed by atoms with E-state index < -0.39 is 11.9 Å². The van der Waals surface area contributed by atoms with Crippen molar-refractivity contribution in [1.82, 2.24) is 0 Å². The first-order valence-corrected chi connectivity index (χ1v) is 7.22. The molecule has 0 saturated carbocycles. The van der Waals surface area contributed by atoms with Gasteiger partial charge in [0.2, 0.25) is 0 Å². The van der Waals surface area contributed by atoms with Crippen LogP contribution in [0.25, 0.3) is 0 Å². The lowest BCUT2D eigenvalue weighted by Gasteiger charge is -2.08. The zero-order valence-electron chi connectivity index (χ0n) is 13.0. The van der Waals surface area contributed by atoms with E-state index in [1.54, 1.807) is 6.92 Å². The predicted octanol–water partition coefficient (Wildman–Crippen LogP) is 3.23. The van der Waals surface area contributed by atoms with Crippen molar-refractivity contribution in [1.29, 1.82) is 0 Å². The lowest BCUT2D eigenvalue weighted by molar-refractivity contribution is -0.147. The molecule has 0 aliphatic heterocycles. The molecule has 22 heavy (non-hydrogen) atoms. The Morgan fingerprint density at radius 1 is 1.00 bits per heavy atom. The van der Waals surface area contributed by atoms with Gasteiger partial charge in [-0.2, -0.15) is 0 Å². The Bertz CT molecular complexity index is 531. The molecule has 0 aliphatic rings. The summed E-state index contributed by atoms with van der Waals surface area (Å²) < 4.78 is 9.82. The van der Waals surface area contributed by atoms with E-state index in [2.05, 4.69) is 25.3 Å². The molecule has 0 atom stereocenters. The fourth-order valence-electron chi connectivity index (χ4n) is 1.75. The number of hydrogen-bond donors (Lipinski definition) is 0. The van der Waals surface area contributed by atoms with Crippen molar-refractivity contribution in [2.75, 3.05) is 13.2 Å². The number of aryl methyl sites for hydroxylation is 1. The van der Waals surface area contributed by atoms with Crippen LogP contribution in [0.5, 0.6) is 0 Å². The highest BCUT2D eigenvalue weighted by Gasteiger charge is 2.09. The zero-order chi connectivity index (χ0) is 16.4. The minimum atomic E-state index is -0.488. The SMILES string of the molecule is C=C(C)C(=O)OCCOC(=O)C(=C)CCCc1ccccc1. The minimum absolute atomic E-state index is 0.0225. The van der Waals surface area contributed by atoms with Crippen molar-refractivity contribution in [3.05, 3.63) is 60.2 Å². The highest BCUT2D eigenvalue weighted by atomic mass is 16.6. The van der Waals surface area contributed by atoms with Crippen molar-refractivity contribution in [2.24, 2.45) is 0 Å². The largest absolute Gasteiger partial charge is 0.459 e. The van der Waals surface area contributed by atoms with Crippen LogP contribution in [0.2, 0.25) is 0 Å². The molecule has 0 aliphatic carbocycles. The van der Waals surface area contributed by atoms with Crippen LogP contribution in [0.3, 0.4) is 0 Å². The molecule has 0 amide bonds. The number of ether oxygens (including phenoxy) is 2. The second kappa shape index (κ2) is 9.55. The molecule has 0 unspecified atom stereocenters. The van der Waals surface area contributed by atoms with Crippen molar-refractivity contribution in [3.8, 4) is 0 Å². The van der Waals surface area contributed by atoms with Crippen LogP contribution in [0.15, 0.2) is 54.6 Å². The van der Waals surface area contributed by atoms with Crippen molar-refractivity contribution >= 4 is 11.9 Å². The molecule has 4 nitrogen and oxygen atoms in total. The van der Waals surface area contributed by atoms with Gasteiger partial charge in [-0.3, -0.25) is 0 Å². The van der Waals surface area contributed by atoms with Gasteiger partial charge < -0.3 is 9.47 Å². The molecule has 1 aromatic carbocycles. The first-order valence-electron chi connectivity index (χ1n) is 7.22. The van der Waals surface area contributed by atoms with Crippen LogP contribution in [0, 0.1) is 0 Å². The van der Waals surface area contributed by atoms with Crippen LogP contribution >= 0.6 is 0 Å². The molecule has 1 rings (SSSR count). The lowest BCUT2D eigenvalue weighted by atomic mass is 10.1. The zero-order valence-corrected chi connectivity index (χ0v) is 13.0. The Morgan fingerprint density at radius 2 is 1.59 bits per heavy atom. The number of carbonyl (C=O) groups excluding carboxylic acids is 2. The van der Waals surface area contributed by atoms with Gasteiger partial charge in [-0.15, -0.1) is 0 Å². The Morgan fingerprint density at radius 3 is 2.18 bits per heavy atom. The Balaban J connectivity index is 2.15. The van der Waals surface area contributed by atoms with Gasteiger partial charge in [0, 0.05) is 11.1 Å². The van der Waals surface area contributed by atoms with Crippen LogP contribution in [0.1, 0.15) is 25.3 Å². The van der Waals surface area contributed by atoms with Crippen molar-refractivity contribution < 1.29 is 19.1 Å². The second-order valence-electron chi connectivity index (χ2n) is 4.99. The van der Waals surface area contributed by atoms with E-state index in [0.29, 0.717) is 17.6 Å². The van der Waals surface area contributed by atoms with E-state index in [9.17, 15) is 9.59 Å². The number of hydrogen-bond acceptors (Lipinski definition) is 4. The summed E-state index contributed by atoms with van der Waals surface area (Å²) in [6, 6.07) is 10.1. The van der Waals surface area contributed by atoms with Gasteiger partial charge in [0.25, 0.3) is 0 Å². The molecule has 4 heteroatoms. The third-order valence-corrected chi connectivity index (χ3v) is 2.97. The number of carbonyl (C=O) groups is 2. The minimum Gasteiger partial charge on any atom is -0.459 e. The standard InChI is InChI=1S/C18H22O4/c1-14(2)17(19)21-12-13-22-18(20)15(3)8-7-11-16-9-5-4-6-10-16/h4-6,9-10H,1,3,7-8,11-13H2,2H3. The van der Waals surface area contributed by atoms with Crippen molar-refractivity contribution in [2.45, 2.75) is 26.2 Å². The fourth-order valence-corrected chi connectivity index (χ4v) is 1.75. The van der Waals surface area contributed by atoms with E-state index in [1.807, 2.05) is 18.2 Å². The molecule has 0 spiro atoms. The maximum absolute atomic E-state index is 11.7. The van der Waals surface area contributed by atoms with E-state index in [0.717, 1.165) is 12.8 Å². The molecular formula is C18H22O4. The summed E-state index contributed by atoms with van der Waals surface area (Å²) in [4.78, 5) is 22.8. The van der Waals surface area contributed by atoms with E-state index in [-0.39, 0.29) is 13.2 Å². The Hall–Kier alpha value is -2.36. The molecular weight excluding hydrogens is 280 g/mol. The molecule has 0 aromatic heterocycles. The molecule has 0 N–H and O–H groups in total. The fraction of sp³-hybridized carbons (Fsp3) is 0.333. The number of rotatable bonds is 9. The molecule has 1 aromatic rings. The van der Waals surface area contributed by atoms with Gasteiger partial charge in [0.15, 0.2) is 0 Å². The molecule has 0 radical (unpaired) electrons. The third kappa shape index (κ3) is 6.88. The molecule has 0 heterocycles.